The smallest absolute Gasteiger partial charge is 0.126 e. The van der Waals surface area contributed by atoms with Gasteiger partial charge in [-0.1, -0.05) is 23.8 Å². The quantitative estimate of drug-likeness (QED) is 0.755. The second kappa shape index (κ2) is 4.79. The van der Waals surface area contributed by atoms with E-state index in [-0.39, 0.29) is 11.9 Å². The number of hydrogen-bond acceptors (Lipinski definition) is 1. The fraction of sp³-hybridized carbons (Fsp3) is 0.429. The van der Waals surface area contributed by atoms with Crippen LogP contribution in [0.5, 0.6) is 0 Å². The Labute approximate surface area is 96.2 Å². The van der Waals surface area contributed by atoms with Gasteiger partial charge in [-0.2, -0.15) is 0 Å². The van der Waals surface area contributed by atoms with E-state index in [4.69, 9.17) is 5.73 Å². The maximum absolute atomic E-state index is 13.4. The van der Waals surface area contributed by atoms with Gasteiger partial charge in [0.25, 0.3) is 0 Å². The van der Waals surface area contributed by atoms with Crippen molar-refractivity contribution in [2.45, 2.75) is 38.6 Å². The summed E-state index contributed by atoms with van der Waals surface area (Å²) in [5, 5.41) is 0. The van der Waals surface area contributed by atoms with Crippen molar-refractivity contribution in [1.82, 2.24) is 0 Å². The Morgan fingerprint density at radius 2 is 2.12 bits per heavy atom. The third-order valence-corrected chi connectivity index (χ3v) is 3.28. The summed E-state index contributed by atoms with van der Waals surface area (Å²) in [5.41, 5.74) is 8.97. The summed E-state index contributed by atoms with van der Waals surface area (Å²) in [6.07, 6.45) is 6.83. The normalized spacial score (nSPS) is 18.1. The van der Waals surface area contributed by atoms with Crippen LogP contribution in [0.25, 0.3) is 0 Å². The first kappa shape index (κ1) is 11.3. The van der Waals surface area contributed by atoms with Crippen molar-refractivity contribution in [3.8, 4) is 0 Å². The molecule has 1 atom stereocenters. The SMILES string of the molecule is Cc1ccc(C(N)C2=CCCCC2)cc1F. The van der Waals surface area contributed by atoms with Crippen LogP contribution in [0.1, 0.15) is 42.9 Å². The van der Waals surface area contributed by atoms with E-state index >= 15 is 0 Å². The molecule has 0 saturated carbocycles. The Morgan fingerprint density at radius 1 is 1.31 bits per heavy atom. The van der Waals surface area contributed by atoms with Crippen molar-refractivity contribution in [2.24, 2.45) is 5.73 Å². The Balaban J connectivity index is 2.22. The maximum atomic E-state index is 13.4. The molecule has 0 bridgehead atoms. The third kappa shape index (κ3) is 2.33. The molecule has 1 nitrogen and oxygen atoms in total. The first-order valence-electron chi connectivity index (χ1n) is 5.89. The molecule has 0 aromatic heterocycles. The van der Waals surface area contributed by atoms with Crippen LogP contribution >= 0.6 is 0 Å². The molecule has 1 aliphatic rings. The molecule has 86 valence electrons. The summed E-state index contributed by atoms with van der Waals surface area (Å²) < 4.78 is 13.4. The van der Waals surface area contributed by atoms with Crippen molar-refractivity contribution >= 4 is 0 Å². The molecule has 1 aromatic rings. The fourth-order valence-corrected chi connectivity index (χ4v) is 2.16. The lowest BCUT2D eigenvalue weighted by Gasteiger charge is -2.20. The largest absolute Gasteiger partial charge is 0.321 e. The number of halogens is 1. The molecule has 1 aromatic carbocycles. The molecule has 0 amide bonds. The van der Waals surface area contributed by atoms with Gasteiger partial charge in [-0.25, -0.2) is 4.39 Å². The Kier molecular flexibility index (Phi) is 3.39. The van der Waals surface area contributed by atoms with Gasteiger partial charge in [-0.3, -0.25) is 0 Å². The average Bonchev–Trinajstić information content (AvgIpc) is 2.33. The van der Waals surface area contributed by atoms with E-state index in [2.05, 4.69) is 6.08 Å². The third-order valence-electron chi connectivity index (χ3n) is 3.28. The molecule has 0 fully saturated rings. The topological polar surface area (TPSA) is 26.0 Å². The van der Waals surface area contributed by atoms with E-state index in [0.717, 1.165) is 18.4 Å². The first-order valence-corrected chi connectivity index (χ1v) is 5.89. The highest BCUT2D eigenvalue weighted by Gasteiger charge is 2.14. The molecular weight excluding hydrogens is 201 g/mol. The van der Waals surface area contributed by atoms with Gasteiger partial charge in [0, 0.05) is 0 Å². The fourth-order valence-electron chi connectivity index (χ4n) is 2.16. The van der Waals surface area contributed by atoms with Crippen molar-refractivity contribution < 1.29 is 4.39 Å². The molecule has 0 heterocycles. The van der Waals surface area contributed by atoms with Gasteiger partial charge in [-0.15, -0.1) is 0 Å². The first-order chi connectivity index (χ1) is 7.68. The van der Waals surface area contributed by atoms with Crippen LogP contribution < -0.4 is 5.73 Å². The summed E-state index contributed by atoms with van der Waals surface area (Å²) in [4.78, 5) is 0. The number of aryl methyl sites for hydroxylation is 1. The molecule has 1 aliphatic carbocycles. The van der Waals surface area contributed by atoms with E-state index in [0.29, 0.717) is 5.56 Å². The molecule has 0 aliphatic heterocycles. The number of benzene rings is 1. The number of allylic oxidation sites excluding steroid dienone is 1. The highest BCUT2D eigenvalue weighted by Crippen LogP contribution is 2.28. The van der Waals surface area contributed by atoms with Crippen LogP contribution in [0, 0.1) is 12.7 Å². The van der Waals surface area contributed by atoms with Crippen LogP contribution in [-0.2, 0) is 0 Å². The highest BCUT2D eigenvalue weighted by atomic mass is 19.1. The second-order valence-corrected chi connectivity index (χ2v) is 4.51. The van der Waals surface area contributed by atoms with Gasteiger partial charge < -0.3 is 5.73 Å². The van der Waals surface area contributed by atoms with Crippen molar-refractivity contribution in [3.63, 3.8) is 0 Å². The number of hydrogen-bond donors (Lipinski definition) is 1. The Hall–Kier alpha value is -1.15. The van der Waals surface area contributed by atoms with E-state index in [1.807, 2.05) is 6.07 Å². The van der Waals surface area contributed by atoms with Gasteiger partial charge in [-0.05, 0) is 49.8 Å². The maximum Gasteiger partial charge on any atom is 0.126 e. The summed E-state index contributed by atoms with van der Waals surface area (Å²) in [5.74, 6) is -0.163. The standard InChI is InChI=1S/C14H18FN/c1-10-7-8-12(9-13(10)15)14(16)11-5-3-2-4-6-11/h5,7-9,14H,2-4,6,16H2,1H3. The van der Waals surface area contributed by atoms with Crippen molar-refractivity contribution in [1.29, 1.82) is 0 Å². The van der Waals surface area contributed by atoms with Crippen LogP contribution in [0.2, 0.25) is 0 Å². The molecule has 2 rings (SSSR count). The Morgan fingerprint density at radius 3 is 2.75 bits per heavy atom. The van der Waals surface area contributed by atoms with Gasteiger partial charge in [0.05, 0.1) is 6.04 Å². The lowest BCUT2D eigenvalue weighted by Crippen LogP contribution is -2.15. The highest BCUT2D eigenvalue weighted by molar-refractivity contribution is 5.31. The minimum absolute atomic E-state index is 0.129. The number of nitrogens with two attached hydrogens (primary N) is 1. The molecule has 2 N–H and O–H groups in total. The van der Waals surface area contributed by atoms with Crippen molar-refractivity contribution in [3.05, 3.63) is 46.8 Å². The monoisotopic (exact) mass is 219 g/mol. The van der Waals surface area contributed by atoms with E-state index in [1.165, 1.54) is 18.4 Å². The lowest BCUT2D eigenvalue weighted by atomic mass is 9.90. The predicted molar refractivity (Wildman–Crippen MR) is 64.6 cm³/mol. The minimum atomic E-state index is -0.163. The average molecular weight is 219 g/mol. The number of rotatable bonds is 2. The second-order valence-electron chi connectivity index (χ2n) is 4.51. The van der Waals surface area contributed by atoms with Gasteiger partial charge in [0.2, 0.25) is 0 Å². The van der Waals surface area contributed by atoms with E-state index in [9.17, 15) is 4.39 Å². The zero-order chi connectivity index (χ0) is 11.5. The van der Waals surface area contributed by atoms with Crippen LogP contribution in [0.15, 0.2) is 29.8 Å². The van der Waals surface area contributed by atoms with Crippen LogP contribution in [0.4, 0.5) is 4.39 Å². The van der Waals surface area contributed by atoms with Gasteiger partial charge in [0.15, 0.2) is 0 Å². The lowest BCUT2D eigenvalue weighted by molar-refractivity contribution is 0.609. The molecule has 16 heavy (non-hydrogen) atoms. The molecule has 2 heteroatoms. The molecule has 1 unspecified atom stereocenters. The van der Waals surface area contributed by atoms with Crippen molar-refractivity contribution in [2.75, 3.05) is 0 Å². The van der Waals surface area contributed by atoms with Crippen LogP contribution in [0.3, 0.4) is 0 Å². The zero-order valence-electron chi connectivity index (χ0n) is 9.67. The van der Waals surface area contributed by atoms with Gasteiger partial charge in [0.1, 0.15) is 5.82 Å². The summed E-state index contributed by atoms with van der Waals surface area (Å²) in [6.45, 7) is 1.77. The molecule has 0 spiro atoms. The Bertz CT molecular complexity index is 409. The zero-order valence-corrected chi connectivity index (χ0v) is 9.67. The molecular formula is C14H18FN. The molecule has 0 radical (unpaired) electrons. The summed E-state index contributed by atoms with van der Waals surface area (Å²) in [6, 6.07) is 5.16. The molecule has 0 saturated heterocycles. The van der Waals surface area contributed by atoms with Gasteiger partial charge >= 0.3 is 0 Å². The van der Waals surface area contributed by atoms with E-state index in [1.54, 1.807) is 19.1 Å². The summed E-state index contributed by atoms with van der Waals surface area (Å²) in [7, 11) is 0. The minimum Gasteiger partial charge on any atom is -0.321 e. The van der Waals surface area contributed by atoms with Crippen LogP contribution in [-0.4, -0.2) is 0 Å². The summed E-state index contributed by atoms with van der Waals surface area (Å²) >= 11 is 0. The predicted octanol–water partition coefficient (Wildman–Crippen LogP) is 3.63. The van der Waals surface area contributed by atoms with E-state index < -0.39 is 0 Å².